The van der Waals surface area contributed by atoms with Crippen molar-refractivity contribution in [3.8, 4) is 11.5 Å². The molecule has 0 spiro atoms. The molecule has 0 saturated heterocycles. The molecule has 0 fully saturated rings. The summed E-state index contributed by atoms with van der Waals surface area (Å²) in [5.74, 6) is 1.73. The molecule has 0 aliphatic heterocycles. The van der Waals surface area contributed by atoms with E-state index < -0.39 is 0 Å². The summed E-state index contributed by atoms with van der Waals surface area (Å²) in [6.45, 7) is 2.08. The van der Waals surface area contributed by atoms with E-state index in [0.29, 0.717) is 0 Å². The van der Waals surface area contributed by atoms with Gasteiger partial charge in [0.25, 0.3) is 0 Å². The van der Waals surface area contributed by atoms with Gasteiger partial charge in [0.1, 0.15) is 11.5 Å². The molecule has 0 N–H and O–H groups in total. The molecule has 0 heterocycles. The Balaban J connectivity index is 2.43. The van der Waals surface area contributed by atoms with Gasteiger partial charge in [0.15, 0.2) is 0 Å². The van der Waals surface area contributed by atoms with Gasteiger partial charge in [-0.3, -0.25) is 0 Å². The second-order valence-corrected chi connectivity index (χ2v) is 6.30. The summed E-state index contributed by atoms with van der Waals surface area (Å²) in [4.78, 5) is 0.0801. The Morgan fingerprint density at radius 2 is 1.65 bits per heavy atom. The molecular weight excluding hydrogens is 384 g/mol. The van der Waals surface area contributed by atoms with Crippen LogP contribution in [0.1, 0.15) is 21.5 Å². The van der Waals surface area contributed by atoms with Crippen molar-refractivity contribution in [2.75, 3.05) is 14.2 Å². The monoisotopic (exact) mass is 398 g/mol. The van der Waals surface area contributed by atoms with Crippen LogP contribution in [0.25, 0.3) is 0 Å². The lowest BCUT2D eigenvalue weighted by Gasteiger charge is -2.17. The standard InChI is InChI=1S/C16H16Br2O2/c1-10-8-12(19-2)5-7-13(10)16(18)14-6-4-11(17)9-15(14)20-3/h4-9,16H,1-3H3. The van der Waals surface area contributed by atoms with Crippen LogP contribution in [0.5, 0.6) is 11.5 Å². The first-order valence-corrected chi connectivity index (χ1v) is 7.89. The van der Waals surface area contributed by atoms with E-state index in [-0.39, 0.29) is 4.83 Å². The summed E-state index contributed by atoms with van der Waals surface area (Å²) in [6, 6.07) is 12.1. The van der Waals surface area contributed by atoms with E-state index in [0.717, 1.165) is 21.5 Å². The highest BCUT2D eigenvalue weighted by molar-refractivity contribution is 9.10. The number of aryl methyl sites for hydroxylation is 1. The molecule has 4 heteroatoms. The van der Waals surface area contributed by atoms with Crippen LogP contribution in [0, 0.1) is 6.92 Å². The van der Waals surface area contributed by atoms with Crippen LogP contribution in [0.15, 0.2) is 40.9 Å². The predicted octanol–water partition coefficient (Wildman–Crippen LogP) is 5.26. The van der Waals surface area contributed by atoms with Gasteiger partial charge in [-0.05, 0) is 42.3 Å². The number of alkyl halides is 1. The fourth-order valence-electron chi connectivity index (χ4n) is 2.12. The van der Waals surface area contributed by atoms with Crippen molar-refractivity contribution >= 4 is 31.9 Å². The number of methoxy groups -OCH3 is 2. The molecule has 0 aliphatic carbocycles. The zero-order valence-electron chi connectivity index (χ0n) is 11.6. The second-order valence-electron chi connectivity index (χ2n) is 4.47. The van der Waals surface area contributed by atoms with E-state index in [2.05, 4.69) is 50.9 Å². The van der Waals surface area contributed by atoms with Crippen molar-refractivity contribution in [2.45, 2.75) is 11.8 Å². The topological polar surface area (TPSA) is 18.5 Å². The zero-order valence-corrected chi connectivity index (χ0v) is 14.8. The zero-order chi connectivity index (χ0) is 14.7. The molecule has 1 unspecified atom stereocenters. The van der Waals surface area contributed by atoms with Crippen LogP contribution in [0.4, 0.5) is 0 Å². The van der Waals surface area contributed by atoms with Crippen molar-refractivity contribution < 1.29 is 9.47 Å². The number of hydrogen-bond acceptors (Lipinski definition) is 2. The Morgan fingerprint density at radius 1 is 0.950 bits per heavy atom. The minimum atomic E-state index is 0.0801. The van der Waals surface area contributed by atoms with E-state index in [1.165, 1.54) is 11.1 Å². The molecular formula is C16H16Br2O2. The van der Waals surface area contributed by atoms with Gasteiger partial charge in [0.2, 0.25) is 0 Å². The summed E-state index contributed by atoms with van der Waals surface area (Å²) in [5, 5.41) is 0. The quantitative estimate of drug-likeness (QED) is 0.653. The highest BCUT2D eigenvalue weighted by Crippen LogP contribution is 2.39. The Bertz CT molecular complexity index is 611. The molecule has 2 nitrogen and oxygen atoms in total. The third-order valence-corrected chi connectivity index (χ3v) is 4.70. The summed E-state index contributed by atoms with van der Waals surface area (Å²) in [6.07, 6.45) is 0. The van der Waals surface area contributed by atoms with Gasteiger partial charge in [-0.1, -0.05) is 44.0 Å². The van der Waals surface area contributed by atoms with Gasteiger partial charge in [-0.15, -0.1) is 0 Å². The number of ether oxygens (including phenoxy) is 2. The Labute approximate surface area is 136 Å². The summed E-state index contributed by atoms with van der Waals surface area (Å²) in [7, 11) is 3.36. The molecule has 0 amide bonds. The van der Waals surface area contributed by atoms with E-state index in [1.54, 1.807) is 14.2 Å². The summed E-state index contributed by atoms with van der Waals surface area (Å²) >= 11 is 7.24. The maximum absolute atomic E-state index is 5.47. The van der Waals surface area contributed by atoms with Crippen LogP contribution in [-0.2, 0) is 0 Å². The lowest BCUT2D eigenvalue weighted by Crippen LogP contribution is -1.99. The molecule has 0 aromatic heterocycles. The average molecular weight is 400 g/mol. The third-order valence-electron chi connectivity index (χ3n) is 3.22. The number of benzene rings is 2. The van der Waals surface area contributed by atoms with Gasteiger partial charge < -0.3 is 9.47 Å². The Morgan fingerprint density at radius 3 is 2.25 bits per heavy atom. The molecule has 20 heavy (non-hydrogen) atoms. The second kappa shape index (κ2) is 6.64. The molecule has 0 aliphatic rings. The molecule has 2 aromatic carbocycles. The SMILES string of the molecule is COc1ccc(C(Br)c2ccc(Br)cc2OC)c(C)c1. The molecule has 2 rings (SSSR count). The molecule has 0 radical (unpaired) electrons. The Kier molecular flexibility index (Phi) is 5.11. The van der Waals surface area contributed by atoms with Crippen LogP contribution in [0.3, 0.4) is 0 Å². The maximum Gasteiger partial charge on any atom is 0.124 e. The van der Waals surface area contributed by atoms with Gasteiger partial charge in [-0.2, -0.15) is 0 Å². The fraction of sp³-hybridized carbons (Fsp3) is 0.250. The highest BCUT2D eigenvalue weighted by atomic mass is 79.9. The van der Waals surface area contributed by atoms with Crippen LogP contribution >= 0.6 is 31.9 Å². The first-order valence-electron chi connectivity index (χ1n) is 6.19. The maximum atomic E-state index is 5.47. The van der Waals surface area contributed by atoms with Gasteiger partial charge in [-0.25, -0.2) is 0 Å². The van der Waals surface area contributed by atoms with Crippen LogP contribution in [0.2, 0.25) is 0 Å². The fourth-order valence-corrected chi connectivity index (χ4v) is 3.35. The molecule has 0 bridgehead atoms. The molecule has 106 valence electrons. The van der Waals surface area contributed by atoms with Gasteiger partial charge in [0.05, 0.1) is 19.0 Å². The third kappa shape index (κ3) is 3.18. The first-order chi connectivity index (χ1) is 9.56. The van der Waals surface area contributed by atoms with Gasteiger partial charge in [0, 0.05) is 10.0 Å². The molecule has 0 saturated carbocycles. The first kappa shape index (κ1) is 15.4. The van der Waals surface area contributed by atoms with Gasteiger partial charge >= 0.3 is 0 Å². The molecule has 1 atom stereocenters. The van der Waals surface area contributed by atoms with E-state index in [9.17, 15) is 0 Å². The minimum absolute atomic E-state index is 0.0801. The van der Waals surface area contributed by atoms with Crippen molar-refractivity contribution in [2.24, 2.45) is 0 Å². The lowest BCUT2D eigenvalue weighted by atomic mass is 9.99. The van der Waals surface area contributed by atoms with Crippen molar-refractivity contribution in [3.63, 3.8) is 0 Å². The average Bonchev–Trinajstić information content (AvgIpc) is 2.46. The number of rotatable bonds is 4. The smallest absolute Gasteiger partial charge is 0.124 e. The van der Waals surface area contributed by atoms with Crippen molar-refractivity contribution in [1.29, 1.82) is 0 Å². The highest BCUT2D eigenvalue weighted by Gasteiger charge is 2.17. The predicted molar refractivity (Wildman–Crippen MR) is 89.2 cm³/mol. The number of hydrogen-bond donors (Lipinski definition) is 0. The van der Waals surface area contributed by atoms with E-state index >= 15 is 0 Å². The number of halogens is 2. The van der Waals surface area contributed by atoms with E-state index in [4.69, 9.17) is 9.47 Å². The van der Waals surface area contributed by atoms with Crippen LogP contribution in [-0.4, -0.2) is 14.2 Å². The van der Waals surface area contributed by atoms with Crippen molar-refractivity contribution in [3.05, 3.63) is 57.6 Å². The summed E-state index contributed by atoms with van der Waals surface area (Å²) < 4.78 is 11.7. The normalized spacial score (nSPS) is 12.1. The van der Waals surface area contributed by atoms with Crippen molar-refractivity contribution in [1.82, 2.24) is 0 Å². The van der Waals surface area contributed by atoms with Crippen LogP contribution < -0.4 is 9.47 Å². The van der Waals surface area contributed by atoms with E-state index in [1.807, 2.05) is 24.3 Å². The lowest BCUT2D eigenvalue weighted by molar-refractivity contribution is 0.410. The molecule has 2 aromatic rings. The Hall–Kier alpha value is -1.00. The largest absolute Gasteiger partial charge is 0.497 e. The minimum Gasteiger partial charge on any atom is -0.497 e. The summed E-state index contributed by atoms with van der Waals surface area (Å²) in [5.41, 5.74) is 3.48.